The Labute approximate surface area is 164 Å². The van der Waals surface area contributed by atoms with E-state index in [4.69, 9.17) is 5.26 Å². The Morgan fingerprint density at radius 2 is 2.11 bits per heavy atom. The molecule has 0 aliphatic heterocycles. The normalized spacial score (nSPS) is 22.1. The molecule has 0 saturated heterocycles. The van der Waals surface area contributed by atoms with Crippen LogP contribution in [-0.2, 0) is 5.41 Å². The van der Waals surface area contributed by atoms with Gasteiger partial charge in [0.1, 0.15) is 5.69 Å². The first-order valence-electron chi connectivity index (χ1n) is 9.37. The van der Waals surface area contributed by atoms with E-state index in [9.17, 15) is 4.79 Å². The number of amides is 1. The lowest BCUT2D eigenvalue weighted by molar-refractivity contribution is 0.0930. The maximum atomic E-state index is 12.4. The predicted molar refractivity (Wildman–Crippen MR) is 107 cm³/mol. The quantitative estimate of drug-likeness (QED) is 0.273. The molecule has 1 saturated carbocycles. The minimum Gasteiger partial charge on any atom is -0.353 e. The highest BCUT2D eigenvalue weighted by Gasteiger charge is 2.37. The summed E-state index contributed by atoms with van der Waals surface area (Å²) < 4.78 is 0. The van der Waals surface area contributed by atoms with Crippen LogP contribution < -0.4 is 16.0 Å². The summed E-state index contributed by atoms with van der Waals surface area (Å²) in [5.74, 6) is 0.346. The Bertz CT molecular complexity index is 831. The number of nitriles is 1. The fraction of sp³-hybridized carbons (Fsp3) is 0.400. The number of carbonyl (C=O) groups is 1. The van der Waals surface area contributed by atoms with Crippen molar-refractivity contribution in [2.24, 2.45) is 4.99 Å². The van der Waals surface area contributed by atoms with Crippen molar-refractivity contribution in [1.82, 2.24) is 25.9 Å². The number of H-pyrrole nitrogens is 1. The van der Waals surface area contributed by atoms with Crippen LogP contribution >= 0.6 is 0 Å². The van der Waals surface area contributed by atoms with E-state index in [0.29, 0.717) is 18.2 Å². The lowest BCUT2D eigenvalue weighted by atomic mass is 9.68. The van der Waals surface area contributed by atoms with Gasteiger partial charge in [0, 0.05) is 25.0 Å². The van der Waals surface area contributed by atoms with E-state index in [1.54, 1.807) is 7.05 Å². The summed E-state index contributed by atoms with van der Waals surface area (Å²) in [5, 5.41) is 17.7. The van der Waals surface area contributed by atoms with Crippen LogP contribution in [-0.4, -0.2) is 41.5 Å². The molecule has 8 heteroatoms. The molecule has 0 spiro atoms. The zero-order valence-electron chi connectivity index (χ0n) is 15.9. The lowest BCUT2D eigenvalue weighted by Crippen LogP contribution is -2.49. The Morgan fingerprint density at radius 3 is 2.71 bits per heavy atom. The lowest BCUT2D eigenvalue weighted by Gasteiger charge is -2.41. The van der Waals surface area contributed by atoms with Crippen LogP contribution in [0, 0.1) is 11.5 Å². The molecule has 146 valence electrons. The molecule has 1 fully saturated rings. The smallest absolute Gasteiger partial charge is 0.269 e. The van der Waals surface area contributed by atoms with Crippen molar-refractivity contribution in [3.63, 3.8) is 0 Å². The average Bonchev–Trinajstić information content (AvgIpc) is 3.28. The highest BCUT2D eigenvalue weighted by molar-refractivity contribution is 5.92. The van der Waals surface area contributed by atoms with Crippen molar-refractivity contribution < 1.29 is 4.79 Å². The van der Waals surface area contributed by atoms with Crippen LogP contribution in [0.1, 0.15) is 41.7 Å². The number of aromatic nitrogens is 2. The van der Waals surface area contributed by atoms with Gasteiger partial charge in [-0.3, -0.25) is 15.1 Å². The van der Waals surface area contributed by atoms with E-state index in [0.717, 1.165) is 25.7 Å². The highest BCUT2D eigenvalue weighted by atomic mass is 16.1. The van der Waals surface area contributed by atoms with Gasteiger partial charge in [0.05, 0.1) is 12.5 Å². The second kappa shape index (κ2) is 9.04. The first kappa shape index (κ1) is 19.4. The fourth-order valence-electron chi connectivity index (χ4n) is 3.80. The van der Waals surface area contributed by atoms with E-state index in [2.05, 4.69) is 43.0 Å². The topological polar surface area (TPSA) is 118 Å². The maximum Gasteiger partial charge on any atom is 0.269 e. The van der Waals surface area contributed by atoms with Gasteiger partial charge >= 0.3 is 0 Å². The number of nitrogens with one attached hydrogen (secondary N) is 4. The molecule has 1 aliphatic rings. The summed E-state index contributed by atoms with van der Waals surface area (Å²) in [6.07, 6.45) is 8.60. The van der Waals surface area contributed by atoms with Gasteiger partial charge in [-0.1, -0.05) is 30.3 Å². The Kier molecular flexibility index (Phi) is 6.27. The van der Waals surface area contributed by atoms with Crippen molar-refractivity contribution >= 4 is 11.9 Å². The summed E-state index contributed by atoms with van der Waals surface area (Å²) in [6.45, 7) is 0.562. The number of aliphatic imine (C=N–C) groups is 1. The standard InChI is InChI=1S/C20H25N7O/c1-22-19(25-13-21)27-16-7-9-20(10-8-16,15-5-3-2-4-6-15)12-24-18(28)17-11-23-14-26-17/h2-6,11,14,16H,7-10,12H2,1H3,(H,23,26)(H,24,28)(H2,22,25,27). The van der Waals surface area contributed by atoms with E-state index < -0.39 is 0 Å². The van der Waals surface area contributed by atoms with Crippen molar-refractivity contribution in [3.05, 3.63) is 54.1 Å². The molecule has 2 aromatic rings. The third kappa shape index (κ3) is 4.49. The second-order valence-electron chi connectivity index (χ2n) is 7.02. The van der Waals surface area contributed by atoms with Gasteiger partial charge < -0.3 is 15.6 Å². The van der Waals surface area contributed by atoms with Gasteiger partial charge in [-0.05, 0) is 31.2 Å². The largest absolute Gasteiger partial charge is 0.353 e. The summed E-state index contributed by atoms with van der Waals surface area (Å²) in [5.41, 5.74) is 1.57. The number of hydrogen-bond donors (Lipinski definition) is 4. The number of guanidine groups is 1. The van der Waals surface area contributed by atoms with Crippen molar-refractivity contribution in [2.45, 2.75) is 37.1 Å². The molecule has 8 nitrogen and oxygen atoms in total. The van der Waals surface area contributed by atoms with Crippen LogP contribution in [0.15, 0.2) is 47.8 Å². The van der Waals surface area contributed by atoms with Gasteiger partial charge in [0.15, 0.2) is 6.19 Å². The zero-order valence-corrected chi connectivity index (χ0v) is 15.9. The highest BCUT2D eigenvalue weighted by Crippen LogP contribution is 2.39. The van der Waals surface area contributed by atoms with E-state index in [-0.39, 0.29) is 17.4 Å². The molecule has 0 radical (unpaired) electrons. The fourth-order valence-corrected chi connectivity index (χ4v) is 3.80. The molecule has 0 unspecified atom stereocenters. The summed E-state index contributed by atoms with van der Waals surface area (Å²) in [6, 6.07) is 10.6. The average molecular weight is 379 g/mol. The minimum absolute atomic E-state index is 0.124. The van der Waals surface area contributed by atoms with Crippen molar-refractivity contribution in [3.8, 4) is 6.19 Å². The van der Waals surface area contributed by atoms with E-state index >= 15 is 0 Å². The Morgan fingerprint density at radius 1 is 1.36 bits per heavy atom. The van der Waals surface area contributed by atoms with Gasteiger partial charge in [-0.15, -0.1) is 0 Å². The first-order valence-corrected chi connectivity index (χ1v) is 9.37. The molecule has 1 aromatic heterocycles. The molecule has 0 atom stereocenters. The van der Waals surface area contributed by atoms with Gasteiger partial charge in [-0.2, -0.15) is 5.26 Å². The molecule has 3 rings (SSSR count). The van der Waals surface area contributed by atoms with Crippen LogP contribution in [0.3, 0.4) is 0 Å². The van der Waals surface area contributed by atoms with Crippen LogP contribution in [0.25, 0.3) is 0 Å². The summed E-state index contributed by atoms with van der Waals surface area (Å²) in [4.78, 5) is 23.2. The Hall–Kier alpha value is -3.34. The molecule has 1 aliphatic carbocycles. The number of benzene rings is 1. The third-order valence-corrected chi connectivity index (χ3v) is 5.40. The Balaban J connectivity index is 1.69. The number of carbonyl (C=O) groups excluding carboxylic acids is 1. The molecular formula is C20H25N7O. The van der Waals surface area contributed by atoms with Crippen molar-refractivity contribution in [2.75, 3.05) is 13.6 Å². The molecule has 1 amide bonds. The SMILES string of the molecule is CN=C(NC#N)NC1CCC(CNC(=O)c2cnc[nH]2)(c2ccccc2)CC1. The number of imidazole rings is 1. The zero-order chi connectivity index (χ0) is 19.8. The molecule has 0 bridgehead atoms. The van der Waals surface area contributed by atoms with Crippen LogP contribution in [0.4, 0.5) is 0 Å². The predicted octanol–water partition coefficient (Wildman–Crippen LogP) is 1.67. The van der Waals surface area contributed by atoms with E-state index in [1.165, 1.54) is 18.1 Å². The molecule has 1 heterocycles. The molecule has 1 aromatic carbocycles. The van der Waals surface area contributed by atoms with Gasteiger partial charge in [0.2, 0.25) is 5.96 Å². The van der Waals surface area contributed by atoms with Crippen molar-refractivity contribution in [1.29, 1.82) is 5.26 Å². The van der Waals surface area contributed by atoms with Crippen LogP contribution in [0.5, 0.6) is 0 Å². The minimum atomic E-state index is -0.147. The number of hydrogen-bond acceptors (Lipinski definition) is 4. The molecular weight excluding hydrogens is 354 g/mol. The summed E-state index contributed by atoms with van der Waals surface area (Å²) in [7, 11) is 1.65. The molecule has 4 N–H and O–H groups in total. The second-order valence-corrected chi connectivity index (χ2v) is 7.02. The number of aromatic amines is 1. The summed E-state index contributed by atoms with van der Waals surface area (Å²) >= 11 is 0. The van der Waals surface area contributed by atoms with E-state index in [1.807, 2.05) is 24.4 Å². The number of rotatable bonds is 5. The van der Waals surface area contributed by atoms with Crippen LogP contribution in [0.2, 0.25) is 0 Å². The molecule has 28 heavy (non-hydrogen) atoms. The van der Waals surface area contributed by atoms with Gasteiger partial charge in [0.25, 0.3) is 5.91 Å². The first-order chi connectivity index (χ1) is 13.7. The maximum absolute atomic E-state index is 12.4. The third-order valence-electron chi connectivity index (χ3n) is 5.40. The monoisotopic (exact) mass is 379 g/mol. The number of nitrogens with zero attached hydrogens (tertiary/aromatic N) is 3. The van der Waals surface area contributed by atoms with Gasteiger partial charge in [-0.25, -0.2) is 4.98 Å².